The van der Waals surface area contributed by atoms with Crippen molar-refractivity contribution in [3.05, 3.63) is 194 Å². The molecule has 0 spiro atoms. The molecule has 0 amide bonds. The third-order valence-electron chi connectivity index (χ3n) is 10.8. The molecule has 0 radical (unpaired) electrons. The van der Waals surface area contributed by atoms with Gasteiger partial charge in [-0.3, -0.25) is 4.40 Å². The lowest BCUT2D eigenvalue weighted by Crippen LogP contribution is -1.95. The van der Waals surface area contributed by atoms with Crippen molar-refractivity contribution in [2.75, 3.05) is 0 Å². The van der Waals surface area contributed by atoms with Crippen LogP contribution in [0, 0.1) is 0 Å². The predicted octanol–water partition coefficient (Wildman–Crippen LogP) is 13.9. The summed E-state index contributed by atoms with van der Waals surface area (Å²) in [7, 11) is 0. The van der Waals surface area contributed by atoms with Crippen LogP contribution in [0.2, 0.25) is 0 Å². The Kier molecular flexibility index (Phi) is 6.86. The van der Waals surface area contributed by atoms with Gasteiger partial charge in [0.15, 0.2) is 0 Å². The SMILES string of the molecule is c1ccc(-c2nc3c4ccccc4c4cc(-c5ccccc5-c5ccccc5-c5cccc6c5oc5ccccc56)ccc4n3c2-c2ccccc2)cc1. The summed E-state index contributed by atoms with van der Waals surface area (Å²) in [5.74, 6) is 0. The van der Waals surface area contributed by atoms with Crippen molar-refractivity contribution in [2.45, 2.75) is 0 Å². The largest absolute Gasteiger partial charge is 0.455 e. The second kappa shape index (κ2) is 12.2. The van der Waals surface area contributed by atoms with Gasteiger partial charge in [0.1, 0.15) is 16.8 Å². The maximum Gasteiger partial charge on any atom is 0.146 e. The van der Waals surface area contributed by atoms with Gasteiger partial charge < -0.3 is 4.42 Å². The number of para-hydroxylation sites is 2. The van der Waals surface area contributed by atoms with Gasteiger partial charge in [-0.05, 0) is 51.4 Å². The second-order valence-corrected chi connectivity index (χ2v) is 13.8. The Labute approximate surface area is 312 Å². The van der Waals surface area contributed by atoms with E-state index in [2.05, 4.69) is 186 Å². The van der Waals surface area contributed by atoms with E-state index >= 15 is 0 Å². The molecule has 0 saturated heterocycles. The second-order valence-electron chi connectivity index (χ2n) is 13.8. The summed E-state index contributed by atoms with van der Waals surface area (Å²) in [5, 5.41) is 5.75. The molecule has 0 unspecified atom stereocenters. The number of hydrogen-bond acceptors (Lipinski definition) is 2. The van der Waals surface area contributed by atoms with Crippen molar-refractivity contribution in [2.24, 2.45) is 0 Å². The van der Waals surface area contributed by atoms with Crippen LogP contribution in [-0.2, 0) is 0 Å². The molecule has 0 aliphatic carbocycles. The van der Waals surface area contributed by atoms with Crippen LogP contribution < -0.4 is 0 Å². The van der Waals surface area contributed by atoms with Crippen LogP contribution in [0.5, 0.6) is 0 Å². The normalized spacial score (nSPS) is 11.7. The Bertz CT molecular complexity index is 3210. The summed E-state index contributed by atoms with van der Waals surface area (Å²) in [4.78, 5) is 5.40. The highest BCUT2D eigenvalue weighted by Gasteiger charge is 2.22. The zero-order chi connectivity index (χ0) is 35.6. The lowest BCUT2D eigenvalue weighted by atomic mass is 9.88. The van der Waals surface area contributed by atoms with E-state index in [-0.39, 0.29) is 0 Å². The summed E-state index contributed by atoms with van der Waals surface area (Å²) in [6.07, 6.45) is 0. The van der Waals surface area contributed by atoms with Crippen molar-refractivity contribution in [1.82, 2.24) is 9.38 Å². The fourth-order valence-electron chi connectivity index (χ4n) is 8.40. The Morgan fingerprint density at radius 1 is 0.370 bits per heavy atom. The topological polar surface area (TPSA) is 30.4 Å². The molecule has 3 heterocycles. The number of hydrogen-bond donors (Lipinski definition) is 0. The van der Waals surface area contributed by atoms with Gasteiger partial charge in [-0.2, -0.15) is 0 Å². The maximum atomic E-state index is 6.53. The molecule has 0 N–H and O–H groups in total. The highest BCUT2D eigenvalue weighted by atomic mass is 16.3. The first-order valence-electron chi connectivity index (χ1n) is 18.4. The molecule has 0 aliphatic heterocycles. The molecular formula is C51H32N2O. The van der Waals surface area contributed by atoms with Crippen LogP contribution >= 0.6 is 0 Å². The lowest BCUT2D eigenvalue weighted by molar-refractivity contribution is 0.670. The van der Waals surface area contributed by atoms with Gasteiger partial charge in [-0.25, -0.2) is 4.98 Å². The van der Waals surface area contributed by atoms with Crippen LogP contribution in [0.1, 0.15) is 0 Å². The van der Waals surface area contributed by atoms with Crippen LogP contribution in [0.15, 0.2) is 199 Å². The predicted molar refractivity (Wildman–Crippen MR) is 225 cm³/mol. The molecule has 3 nitrogen and oxygen atoms in total. The Morgan fingerprint density at radius 2 is 0.926 bits per heavy atom. The average molecular weight is 689 g/mol. The van der Waals surface area contributed by atoms with Gasteiger partial charge in [0, 0.05) is 38.2 Å². The number of benzene rings is 8. The van der Waals surface area contributed by atoms with Crippen molar-refractivity contribution >= 4 is 49.3 Å². The van der Waals surface area contributed by atoms with Gasteiger partial charge in [-0.15, -0.1) is 0 Å². The fourth-order valence-corrected chi connectivity index (χ4v) is 8.40. The van der Waals surface area contributed by atoms with E-state index in [0.717, 1.165) is 83.3 Å². The average Bonchev–Trinajstić information content (AvgIpc) is 3.84. The monoisotopic (exact) mass is 688 g/mol. The maximum absolute atomic E-state index is 6.53. The number of rotatable bonds is 5. The first-order valence-corrected chi connectivity index (χ1v) is 18.4. The molecule has 54 heavy (non-hydrogen) atoms. The fraction of sp³-hybridized carbons (Fsp3) is 0. The molecule has 252 valence electrons. The first-order chi connectivity index (χ1) is 26.8. The van der Waals surface area contributed by atoms with Crippen LogP contribution in [0.3, 0.4) is 0 Å². The van der Waals surface area contributed by atoms with E-state index in [9.17, 15) is 0 Å². The van der Waals surface area contributed by atoms with Crippen LogP contribution in [0.25, 0.3) is 105 Å². The zero-order valence-electron chi connectivity index (χ0n) is 29.3. The minimum atomic E-state index is 0.902. The number of furan rings is 1. The minimum Gasteiger partial charge on any atom is -0.455 e. The van der Waals surface area contributed by atoms with Crippen molar-refractivity contribution in [3.8, 4) is 55.9 Å². The molecule has 0 fully saturated rings. The number of pyridine rings is 1. The molecule has 3 aromatic heterocycles. The summed E-state index contributed by atoms with van der Waals surface area (Å²) >= 11 is 0. The number of imidazole rings is 1. The minimum absolute atomic E-state index is 0.902. The number of fused-ring (bicyclic) bond motifs is 9. The van der Waals surface area contributed by atoms with Crippen molar-refractivity contribution < 1.29 is 4.42 Å². The standard InChI is InChI=1S/C51H32N2O/c1-3-16-33(17-4-1)48-49(34-18-5-2-6-19-34)53-46-31-30-35(32-45(46)40-24-11-12-26-44(40)51(53)52-48)36-20-7-8-21-37(36)38-22-9-10-23-39(38)42-27-15-28-43-41-25-13-14-29-47(41)54-50(42)43/h1-32H. The van der Waals surface area contributed by atoms with E-state index in [1.165, 1.54) is 21.9 Å². The number of aromatic nitrogens is 2. The molecular weight excluding hydrogens is 657 g/mol. The van der Waals surface area contributed by atoms with E-state index in [1.807, 2.05) is 12.1 Å². The highest BCUT2D eigenvalue weighted by molar-refractivity contribution is 6.15. The molecule has 11 aromatic rings. The van der Waals surface area contributed by atoms with E-state index in [1.54, 1.807) is 0 Å². The van der Waals surface area contributed by atoms with Crippen molar-refractivity contribution in [3.63, 3.8) is 0 Å². The molecule has 8 aromatic carbocycles. The summed E-state index contributed by atoms with van der Waals surface area (Å²) < 4.78 is 8.90. The van der Waals surface area contributed by atoms with Gasteiger partial charge in [0.05, 0.1) is 16.9 Å². The van der Waals surface area contributed by atoms with Gasteiger partial charge >= 0.3 is 0 Å². The van der Waals surface area contributed by atoms with E-state index in [4.69, 9.17) is 9.40 Å². The van der Waals surface area contributed by atoms with Crippen molar-refractivity contribution in [1.29, 1.82) is 0 Å². The van der Waals surface area contributed by atoms with Gasteiger partial charge in [-0.1, -0.05) is 176 Å². The summed E-state index contributed by atoms with van der Waals surface area (Å²) in [6, 6.07) is 69.0. The van der Waals surface area contributed by atoms with Gasteiger partial charge in [0.25, 0.3) is 0 Å². The van der Waals surface area contributed by atoms with E-state index in [0.29, 0.717) is 0 Å². The Hall–Kier alpha value is -7.23. The van der Waals surface area contributed by atoms with Crippen LogP contribution in [-0.4, -0.2) is 9.38 Å². The smallest absolute Gasteiger partial charge is 0.146 e. The third kappa shape index (κ3) is 4.65. The quantitative estimate of drug-likeness (QED) is 0.169. The number of nitrogens with zero attached hydrogens (tertiary/aromatic N) is 2. The van der Waals surface area contributed by atoms with Gasteiger partial charge in [0.2, 0.25) is 0 Å². The zero-order valence-corrected chi connectivity index (χ0v) is 29.3. The van der Waals surface area contributed by atoms with Crippen LogP contribution in [0.4, 0.5) is 0 Å². The molecule has 0 saturated carbocycles. The molecule has 0 bridgehead atoms. The molecule has 0 aliphatic rings. The third-order valence-corrected chi connectivity index (χ3v) is 10.8. The first kappa shape index (κ1) is 30.4. The lowest BCUT2D eigenvalue weighted by Gasteiger charge is -2.16. The highest BCUT2D eigenvalue weighted by Crippen LogP contribution is 2.44. The molecule has 0 atom stereocenters. The Balaban J connectivity index is 1.16. The molecule has 11 rings (SSSR count). The molecule has 3 heteroatoms. The summed E-state index contributed by atoms with van der Waals surface area (Å²) in [5.41, 5.74) is 15.1. The van der Waals surface area contributed by atoms with E-state index < -0.39 is 0 Å². The summed E-state index contributed by atoms with van der Waals surface area (Å²) in [6.45, 7) is 0. The Morgan fingerprint density at radius 3 is 1.69 bits per heavy atom.